The molecule has 2 atom stereocenters. The van der Waals surface area contributed by atoms with Crippen molar-refractivity contribution in [2.75, 3.05) is 10.8 Å². The van der Waals surface area contributed by atoms with Gasteiger partial charge in [-0.2, -0.15) is 8.42 Å². The highest BCUT2D eigenvalue weighted by Crippen LogP contribution is 2.43. The molecule has 2 aromatic rings. The molecule has 3 rings (SSSR count). The SMILES string of the molecule is CC(=O)NC[C@@H]1Sc2ccccc2N(S(=O)(=O)C(=O)OCc2ccccc2)[C@@H]1C. The van der Waals surface area contributed by atoms with Gasteiger partial charge in [0.25, 0.3) is 0 Å². The van der Waals surface area contributed by atoms with E-state index in [0.29, 0.717) is 11.3 Å². The van der Waals surface area contributed by atoms with Gasteiger partial charge >= 0.3 is 15.3 Å². The third kappa shape index (κ3) is 4.73. The summed E-state index contributed by atoms with van der Waals surface area (Å²) >= 11 is 1.48. The Hall–Kier alpha value is -2.52. The molecule has 2 aromatic carbocycles. The zero-order valence-electron chi connectivity index (χ0n) is 16.1. The van der Waals surface area contributed by atoms with Crippen LogP contribution in [0.15, 0.2) is 59.5 Å². The average Bonchev–Trinajstić information content (AvgIpc) is 2.70. The van der Waals surface area contributed by atoms with Gasteiger partial charge in [-0.05, 0) is 24.6 Å². The molecule has 0 bridgehead atoms. The van der Waals surface area contributed by atoms with E-state index in [1.807, 2.05) is 6.07 Å². The van der Waals surface area contributed by atoms with E-state index < -0.39 is 21.4 Å². The molecule has 1 aliphatic heterocycles. The number of nitrogens with one attached hydrogen (secondary N) is 1. The Kier molecular flexibility index (Phi) is 6.49. The number of fused-ring (bicyclic) bond motifs is 1. The number of sulfonamides is 1. The van der Waals surface area contributed by atoms with E-state index in [9.17, 15) is 18.0 Å². The molecule has 7 nitrogen and oxygen atoms in total. The molecule has 0 aromatic heterocycles. The minimum atomic E-state index is -4.42. The smallest absolute Gasteiger partial charge is 0.445 e. The summed E-state index contributed by atoms with van der Waals surface area (Å²) in [5, 5.41) is 1.17. The molecule has 1 N–H and O–H groups in total. The van der Waals surface area contributed by atoms with Crippen LogP contribution in [0.25, 0.3) is 0 Å². The highest BCUT2D eigenvalue weighted by molar-refractivity contribution is 8.07. The van der Waals surface area contributed by atoms with Gasteiger partial charge in [-0.15, -0.1) is 11.8 Å². The van der Waals surface area contributed by atoms with Crippen molar-refractivity contribution in [3.63, 3.8) is 0 Å². The third-order valence-electron chi connectivity index (χ3n) is 4.51. The highest BCUT2D eigenvalue weighted by Gasteiger charge is 2.43. The summed E-state index contributed by atoms with van der Waals surface area (Å²) < 4.78 is 32.4. The lowest BCUT2D eigenvalue weighted by Crippen LogP contribution is -2.52. The number of rotatable bonds is 5. The van der Waals surface area contributed by atoms with Crippen LogP contribution in [0.4, 0.5) is 10.5 Å². The molecule has 1 amide bonds. The molecular weight excluding hydrogens is 412 g/mol. The molecule has 1 heterocycles. The van der Waals surface area contributed by atoms with E-state index >= 15 is 0 Å². The van der Waals surface area contributed by atoms with Crippen molar-refractivity contribution < 1.29 is 22.7 Å². The van der Waals surface area contributed by atoms with Crippen LogP contribution >= 0.6 is 11.8 Å². The van der Waals surface area contributed by atoms with E-state index in [0.717, 1.165) is 9.20 Å². The van der Waals surface area contributed by atoms with Gasteiger partial charge in [-0.3, -0.25) is 9.10 Å². The first-order valence-electron chi connectivity index (χ1n) is 9.06. The molecule has 0 fully saturated rings. The van der Waals surface area contributed by atoms with E-state index in [1.54, 1.807) is 55.5 Å². The lowest BCUT2D eigenvalue weighted by atomic mass is 10.2. The molecule has 9 heteroatoms. The second-order valence-electron chi connectivity index (χ2n) is 6.63. The Morgan fingerprint density at radius 1 is 1.10 bits per heavy atom. The lowest BCUT2D eigenvalue weighted by molar-refractivity contribution is -0.118. The number of para-hydroxylation sites is 1. The number of ether oxygens (including phenoxy) is 1. The van der Waals surface area contributed by atoms with Gasteiger partial charge in [0.05, 0.1) is 11.7 Å². The zero-order valence-corrected chi connectivity index (χ0v) is 17.7. The molecule has 0 aliphatic carbocycles. The van der Waals surface area contributed by atoms with Crippen LogP contribution in [-0.4, -0.2) is 37.5 Å². The summed E-state index contributed by atoms with van der Waals surface area (Å²) in [6.45, 7) is 3.27. The Morgan fingerprint density at radius 2 is 1.76 bits per heavy atom. The first-order chi connectivity index (χ1) is 13.8. The Labute approximate surface area is 174 Å². The lowest BCUT2D eigenvalue weighted by Gasteiger charge is -2.39. The van der Waals surface area contributed by atoms with Gasteiger partial charge in [0.2, 0.25) is 5.91 Å². The summed E-state index contributed by atoms with van der Waals surface area (Å²) in [7, 11) is -4.42. The molecule has 0 saturated heterocycles. The van der Waals surface area contributed by atoms with E-state index in [-0.39, 0.29) is 24.3 Å². The van der Waals surface area contributed by atoms with Crippen molar-refractivity contribution in [1.82, 2.24) is 5.32 Å². The molecule has 1 aliphatic rings. The summed E-state index contributed by atoms with van der Waals surface area (Å²) in [4.78, 5) is 24.6. The van der Waals surface area contributed by atoms with Gasteiger partial charge in [0.15, 0.2) is 0 Å². The summed E-state index contributed by atoms with van der Waals surface area (Å²) in [5.41, 5.74) is 1.13. The van der Waals surface area contributed by atoms with Crippen LogP contribution in [-0.2, 0) is 26.2 Å². The molecule has 154 valence electrons. The van der Waals surface area contributed by atoms with Crippen LogP contribution in [0.2, 0.25) is 0 Å². The van der Waals surface area contributed by atoms with Gasteiger partial charge < -0.3 is 10.1 Å². The van der Waals surface area contributed by atoms with Crippen molar-refractivity contribution in [3.8, 4) is 0 Å². The third-order valence-corrected chi connectivity index (χ3v) is 7.56. The standard InChI is InChI=1S/C20H22N2O5S2/c1-14-19(12-21-15(2)23)28-18-11-7-6-10-17(18)22(14)29(25,26)20(24)27-13-16-8-4-3-5-9-16/h3-11,14,19H,12-13H2,1-2H3,(H,21,23)/t14-,19+/m1/s1. The second-order valence-corrected chi connectivity index (χ2v) is 9.58. The minimum absolute atomic E-state index is 0.132. The predicted molar refractivity (Wildman–Crippen MR) is 112 cm³/mol. The number of hydrogen-bond donors (Lipinski definition) is 1. The molecule has 0 radical (unpaired) electrons. The van der Waals surface area contributed by atoms with Crippen LogP contribution in [0, 0.1) is 0 Å². The maximum Gasteiger partial charge on any atom is 0.445 e. The number of thioether (sulfide) groups is 1. The van der Waals surface area contributed by atoms with Gasteiger partial charge in [0, 0.05) is 23.6 Å². The normalized spacial score (nSPS) is 18.6. The number of nitrogens with zero attached hydrogens (tertiary/aromatic N) is 1. The average molecular weight is 435 g/mol. The summed E-state index contributed by atoms with van der Waals surface area (Å²) in [6, 6.07) is 15.3. The zero-order chi connectivity index (χ0) is 21.0. The van der Waals surface area contributed by atoms with Gasteiger partial charge in [-0.1, -0.05) is 42.5 Å². The largest absolute Gasteiger partial charge is 0.448 e. The van der Waals surface area contributed by atoms with Crippen molar-refractivity contribution in [3.05, 3.63) is 60.2 Å². The molecule has 29 heavy (non-hydrogen) atoms. The Balaban J connectivity index is 1.86. The number of amides is 1. The van der Waals surface area contributed by atoms with Crippen molar-refractivity contribution in [1.29, 1.82) is 0 Å². The number of anilines is 1. The number of benzene rings is 2. The van der Waals surface area contributed by atoms with Gasteiger partial charge in [-0.25, -0.2) is 4.79 Å². The van der Waals surface area contributed by atoms with Crippen LogP contribution in [0.1, 0.15) is 19.4 Å². The fraction of sp³-hybridized carbons (Fsp3) is 0.300. The highest BCUT2D eigenvalue weighted by atomic mass is 32.2. The number of hydrogen-bond acceptors (Lipinski definition) is 6. The first-order valence-corrected chi connectivity index (χ1v) is 11.4. The Bertz CT molecular complexity index is 995. The van der Waals surface area contributed by atoms with Crippen molar-refractivity contribution >= 4 is 38.7 Å². The van der Waals surface area contributed by atoms with E-state index in [1.165, 1.54) is 18.7 Å². The summed E-state index contributed by atoms with van der Waals surface area (Å²) in [6.07, 6.45) is 0. The second kappa shape index (κ2) is 8.87. The maximum atomic E-state index is 13.1. The number of carbonyl (C=O) groups is 2. The summed E-state index contributed by atoms with van der Waals surface area (Å²) in [5.74, 6) is -0.201. The fourth-order valence-electron chi connectivity index (χ4n) is 3.05. The first kappa shape index (κ1) is 21.2. The number of carbonyl (C=O) groups excluding carboxylic acids is 2. The molecule has 0 saturated carbocycles. The topological polar surface area (TPSA) is 92.8 Å². The minimum Gasteiger partial charge on any atom is -0.448 e. The van der Waals surface area contributed by atoms with Crippen LogP contribution in [0.3, 0.4) is 0 Å². The predicted octanol–water partition coefficient (Wildman–Crippen LogP) is 3.16. The quantitative estimate of drug-likeness (QED) is 0.727. The monoisotopic (exact) mass is 434 g/mol. The fourth-order valence-corrected chi connectivity index (χ4v) is 5.81. The van der Waals surface area contributed by atoms with Crippen molar-refractivity contribution in [2.45, 2.75) is 36.6 Å². The molecule has 0 spiro atoms. The van der Waals surface area contributed by atoms with Gasteiger partial charge in [0.1, 0.15) is 6.61 Å². The Morgan fingerprint density at radius 3 is 2.45 bits per heavy atom. The van der Waals surface area contributed by atoms with Crippen LogP contribution in [0.5, 0.6) is 0 Å². The van der Waals surface area contributed by atoms with E-state index in [2.05, 4.69) is 5.32 Å². The maximum absolute atomic E-state index is 13.1. The van der Waals surface area contributed by atoms with Crippen LogP contribution < -0.4 is 9.62 Å². The van der Waals surface area contributed by atoms with E-state index in [4.69, 9.17) is 4.74 Å². The molecule has 0 unspecified atom stereocenters. The molecular formula is C20H22N2O5S2. The van der Waals surface area contributed by atoms with Crippen molar-refractivity contribution in [2.24, 2.45) is 0 Å².